The van der Waals surface area contributed by atoms with E-state index in [1.807, 2.05) is 30.3 Å². The van der Waals surface area contributed by atoms with Crippen LogP contribution in [-0.2, 0) is 0 Å². The van der Waals surface area contributed by atoms with E-state index in [9.17, 15) is 0 Å². The van der Waals surface area contributed by atoms with E-state index in [4.69, 9.17) is 5.73 Å². The maximum absolute atomic E-state index is 5.80. The number of para-hydroxylation sites is 2. The Morgan fingerprint density at radius 3 is 2.62 bits per heavy atom. The largest absolute Gasteiger partial charge is 0.397 e. The average molecular weight is 360 g/mol. The minimum atomic E-state index is 0.684. The molecule has 0 atom stereocenters. The Kier molecular flexibility index (Phi) is 3.78. The first-order valence-electron chi connectivity index (χ1n) is 4.50. The number of hydrogen-bond donors (Lipinski definition) is 1. The topological polar surface area (TPSA) is 38.4 Å². The summed E-state index contributed by atoms with van der Waals surface area (Å²) >= 11 is 8.52. The van der Waals surface area contributed by atoms with Crippen LogP contribution in [0.4, 0.5) is 11.4 Å². The fourth-order valence-corrected chi connectivity index (χ4v) is 3.90. The van der Waals surface area contributed by atoms with Crippen molar-refractivity contribution in [3.05, 3.63) is 43.5 Å². The Hall–Kier alpha value is -0.650. The SMILES string of the molecule is Nc1ccccc1N=Cc1cc(Br)sc1Br. The molecule has 1 heterocycles. The Balaban J connectivity index is 2.28. The molecule has 1 aromatic heterocycles. The van der Waals surface area contributed by atoms with Crippen LogP contribution in [0.1, 0.15) is 5.56 Å². The molecular weight excluding hydrogens is 352 g/mol. The van der Waals surface area contributed by atoms with Gasteiger partial charge in [0.15, 0.2) is 0 Å². The van der Waals surface area contributed by atoms with Crippen LogP contribution >= 0.6 is 43.2 Å². The van der Waals surface area contributed by atoms with E-state index in [-0.39, 0.29) is 0 Å². The average Bonchev–Trinajstić information content (AvgIpc) is 2.56. The fourth-order valence-electron chi connectivity index (χ4n) is 1.19. The molecule has 2 nitrogen and oxygen atoms in total. The molecule has 0 fully saturated rings. The number of nitrogen functional groups attached to an aromatic ring is 1. The minimum absolute atomic E-state index is 0.684. The number of aliphatic imine (C=N–C) groups is 1. The molecule has 2 N–H and O–H groups in total. The zero-order valence-corrected chi connectivity index (χ0v) is 12.1. The quantitative estimate of drug-likeness (QED) is 0.617. The van der Waals surface area contributed by atoms with Crippen molar-refractivity contribution in [2.45, 2.75) is 0 Å². The molecule has 0 aliphatic carbocycles. The van der Waals surface area contributed by atoms with Gasteiger partial charge in [0.25, 0.3) is 0 Å². The Bertz CT molecular complexity index is 535. The van der Waals surface area contributed by atoms with Crippen LogP contribution in [0.2, 0.25) is 0 Å². The molecule has 82 valence electrons. The summed E-state index contributed by atoms with van der Waals surface area (Å²) in [6.45, 7) is 0. The number of nitrogens with two attached hydrogens (primary N) is 1. The second-order valence-electron chi connectivity index (χ2n) is 3.10. The van der Waals surface area contributed by atoms with Crippen molar-refractivity contribution in [1.29, 1.82) is 0 Å². The van der Waals surface area contributed by atoms with Crippen molar-refractivity contribution in [3.8, 4) is 0 Å². The molecule has 0 unspecified atom stereocenters. The highest BCUT2D eigenvalue weighted by molar-refractivity contribution is 9.12. The van der Waals surface area contributed by atoms with Crippen molar-refractivity contribution in [2.24, 2.45) is 4.99 Å². The van der Waals surface area contributed by atoms with Gasteiger partial charge >= 0.3 is 0 Å². The molecular formula is C11H8Br2N2S. The zero-order chi connectivity index (χ0) is 11.5. The van der Waals surface area contributed by atoms with Crippen molar-refractivity contribution in [1.82, 2.24) is 0 Å². The molecule has 0 saturated heterocycles. The van der Waals surface area contributed by atoms with Gasteiger partial charge in [-0.2, -0.15) is 0 Å². The van der Waals surface area contributed by atoms with Crippen LogP contribution in [0.3, 0.4) is 0 Å². The predicted octanol–water partition coefficient (Wildman–Crippen LogP) is 4.61. The van der Waals surface area contributed by atoms with Crippen LogP contribution in [-0.4, -0.2) is 6.21 Å². The molecule has 0 amide bonds. The molecule has 0 saturated carbocycles. The molecule has 0 spiro atoms. The lowest BCUT2D eigenvalue weighted by Gasteiger charge is -1.97. The third kappa shape index (κ3) is 2.72. The van der Waals surface area contributed by atoms with E-state index in [1.54, 1.807) is 17.6 Å². The molecule has 2 aromatic rings. The molecule has 0 bridgehead atoms. The van der Waals surface area contributed by atoms with Gasteiger partial charge in [-0.05, 0) is 50.1 Å². The molecule has 16 heavy (non-hydrogen) atoms. The van der Waals surface area contributed by atoms with Gasteiger partial charge in [0, 0.05) is 11.8 Å². The van der Waals surface area contributed by atoms with E-state index in [2.05, 4.69) is 36.9 Å². The summed E-state index contributed by atoms with van der Waals surface area (Å²) in [7, 11) is 0. The smallest absolute Gasteiger partial charge is 0.0859 e. The lowest BCUT2D eigenvalue weighted by Crippen LogP contribution is -1.84. The van der Waals surface area contributed by atoms with Crippen molar-refractivity contribution >= 4 is 60.8 Å². The number of thiophene rings is 1. The summed E-state index contributed by atoms with van der Waals surface area (Å²) in [4.78, 5) is 4.36. The van der Waals surface area contributed by atoms with E-state index in [0.717, 1.165) is 18.8 Å². The van der Waals surface area contributed by atoms with Crippen LogP contribution in [0.15, 0.2) is 42.9 Å². The monoisotopic (exact) mass is 358 g/mol. The van der Waals surface area contributed by atoms with Gasteiger partial charge in [-0.1, -0.05) is 12.1 Å². The number of anilines is 1. The van der Waals surface area contributed by atoms with Gasteiger partial charge < -0.3 is 5.73 Å². The van der Waals surface area contributed by atoms with Gasteiger partial charge in [0.2, 0.25) is 0 Å². The van der Waals surface area contributed by atoms with Crippen molar-refractivity contribution < 1.29 is 0 Å². The van der Waals surface area contributed by atoms with E-state index >= 15 is 0 Å². The van der Waals surface area contributed by atoms with Crippen molar-refractivity contribution in [2.75, 3.05) is 5.73 Å². The van der Waals surface area contributed by atoms with E-state index in [1.165, 1.54) is 0 Å². The summed E-state index contributed by atoms with van der Waals surface area (Å²) in [6.07, 6.45) is 1.80. The number of hydrogen-bond acceptors (Lipinski definition) is 3. The van der Waals surface area contributed by atoms with Crippen molar-refractivity contribution in [3.63, 3.8) is 0 Å². The molecule has 2 rings (SSSR count). The molecule has 5 heteroatoms. The Morgan fingerprint density at radius 1 is 1.25 bits per heavy atom. The molecule has 0 radical (unpaired) electrons. The van der Waals surface area contributed by atoms with Crippen LogP contribution in [0, 0.1) is 0 Å². The standard InChI is InChI=1S/C11H8Br2N2S/c12-10-5-7(11(13)16-10)6-15-9-4-2-1-3-8(9)14/h1-6H,14H2. The van der Waals surface area contributed by atoms with Crippen LogP contribution in [0.5, 0.6) is 0 Å². The van der Waals surface area contributed by atoms with E-state index < -0.39 is 0 Å². The first-order valence-corrected chi connectivity index (χ1v) is 6.90. The Labute approximate surface area is 114 Å². The maximum atomic E-state index is 5.80. The summed E-state index contributed by atoms with van der Waals surface area (Å²) in [5.41, 5.74) is 8.31. The first-order chi connectivity index (χ1) is 7.66. The molecule has 0 aliphatic rings. The number of nitrogens with zero attached hydrogens (tertiary/aromatic N) is 1. The summed E-state index contributed by atoms with van der Waals surface area (Å²) in [5.74, 6) is 0. The lowest BCUT2D eigenvalue weighted by atomic mass is 10.3. The van der Waals surface area contributed by atoms with Crippen LogP contribution in [0.25, 0.3) is 0 Å². The lowest BCUT2D eigenvalue weighted by molar-refractivity contribution is 1.53. The molecule has 0 aliphatic heterocycles. The first kappa shape index (κ1) is 11.8. The summed E-state index contributed by atoms with van der Waals surface area (Å²) < 4.78 is 2.12. The third-order valence-electron chi connectivity index (χ3n) is 1.96. The van der Waals surface area contributed by atoms with Gasteiger partial charge in [0.1, 0.15) is 0 Å². The number of halogens is 2. The van der Waals surface area contributed by atoms with Crippen LogP contribution < -0.4 is 5.73 Å². The normalized spacial score (nSPS) is 11.1. The van der Waals surface area contributed by atoms with Gasteiger partial charge in [-0.3, -0.25) is 4.99 Å². The molecule has 1 aromatic carbocycles. The maximum Gasteiger partial charge on any atom is 0.0859 e. The number of benzene rings is 1. The predicted molar refractivity (Wildman–Crippen MR) is 77.8 cm³/mol. The third-order valence-corrected chi connectivity index (χ3v) is 4.35. The highest BCUT2D eigenvalue weighted by atomic mass is 79.9. The fraction of sp³-hybridized carbons (Fsp3) is 0. The highest BCUT2D eigenvalue weighted by Crippen LogP contribution is 2.31. The second kappa shape index (κ2) is 5.12. The highest BCUT2D eigenvalue weighted by Gasteiger charge is 2.02. The Morgan fingerprint density at radius 2 is 2.00 bits per heavy atom. The zero-order valence-electron chi connectivity index (χ0n) is 8.15. The van der Waals surface area contributed by atoms with Gasteiger partial charge in [-0.15, -0.1) is 11.3 Å². The second-order valence-corrected chi connectivity index (χ2v) is 6.85. The summed E-state index contributed by atoms with van der Waals surface area (Å²) in [6, 6.07) is 9.55. The minimum Gasteiger partial charge on any atom is -0.397 e. The van der Waals surface area contributed by atoms with Gasteiger partial charge in [0.05, 0.1) is 18.9 Å². The van der Waals surface area contributed by atoms with Gasteiger partial charge in [-0.25, -0.2) is 0 Å². The van der Waals surface area contributed by atoms with E-state index in [0.29, 0.717) is 5.69 Å². The summed E-state index contributed by atoms with van der Waals surface area (Å²) in [5, 5.41) is 0. The number of rotatable bonds is 2.